The van der Waals surface area contributed by atoms with Crippen molar-refractivity contribution in [2.24, 2.45) is 17.8 Å². The van der Waals surface area contributed by atoms with Crippen LogP contribution in [0.25, 0.3) is 0 Å². The zero-order chi connectivity index (χ0) is 13.6. The highest BCUT2D eigenvalue weighted by Gasteiger charge is 2.26. The Hall–Kier alpha value is -1.06. The molecule has 0 aromatic rings. The summed E-state index contributed by atoms with van der Waals surface area (Å²) in [7, 11) is 0. The first-order valence-electron chi connectivity index (χ1n) is 6.28. The van der Waals surface area contributed by atoms with Crippen molar-refractivity contribution in [3.8, 4) is 0 Å². The van der Waals surface area contributed by atoms with Crippen LogP contribution in [0.1, 0.15) is 47.5 Å². The molecule has 0 aromatic carbocycles. The Morgan fingerprint density at radius 3 is 1.94 bits per heavy atom. The predicted molar refractivity (Wildman–Crippen MR) is 67.6 cm³/mol. The first kappa shape index (κ1) is 15.9. The molecule has 0 radical (unpaired) electrons. The van der Waals surface area contributed by atoms with E-state index in [1.807, 2.05) is 6.92 Å². The van der Waals surface area contributed by atoms with E-state index < -0.39 is 17.8 Å². The Morgan fingerprint density at radius 1 is 1.00 bits per heavy atom. The minimum absolute atomic E-state index is 0.105. The maximum Gasteiger partial charge on any atom is 0.307 e. The molecule has 3 atom stereocenters. The van der Waals surface area contributed by atoms with Crippen molar-refractivity contribution in [3.63, 3.8) is 0 Å². The van der Waals surface area contributed by atoms with Crippen LogP contribution in [0.4, 0.5) is 0 Å². The SMILES string of the molecule is CC(C)CCC(C)NC(=O)C(C)C(C)C(=O)O. The van der Waals surface area contributed by atoms with Crippen molar-refractivity contribution in [2.75, 3.05) is 0 Å². The highest BCUT2D eigenvalue weighted by atomic mass is 16.4. The maximum atomic E-state index is 11.8. The minimum Gasteiger partial charge on any atom is -0.481 e. The molecule has 3 unspecified atom stereocenters. The molecule has 0 aliphatic heterocycles. The number of carboxylic acid groups (broad SMARTS) is 1. The van der Waals surface area contributed by atoms with Gasteiger partial charge in [0.25, 0.3) is 0 Å². The topological polar surface area (TPSA) is 66.4 Å². The van der Waals surface area contributed by atoms with E-state index in [4.69, 9.17) is 5.11 Å². The van der Waals surface area contributed by atoms with Crippen molar-refractivity contribution in [1.82, 2.24) is 5.32 Å². The highest BCUT2D eigenvalue weighted by Crippen LogP contribution is 2.12. The fraction of sp³-hybridized carbons (Fsp3) is 0.846. The van der Waals surface area contributed by atoms with Gasteiger partial charge in [0, 0.05) is 12.0 Å². The summed E-state index contributed by atoms with van der Waals surface area (Å²) >= 11 is 0. The summed E-state index contributed by atoms with van der Waals surface area (Å²) in [4.78, 5) is 22.5. The lowest BCUT2D eigenvalue weighted by molar-refractivity contribution is -0.146. The van der Waals surface area contributed by atoms with Crippen molar-refractivity contribution >= 4 is 11.9 Å². The lowest BCUT2D eigenvalue weighted by Crippen LogP contribution is -2.40. The van der Waals surface area contributed by atoms with Crippen molar-refractivity contribution < 1.29 is 14.7 Å². The van der Waals surface area contributed by atoms with Crippen LogP contribution >= 0.6 is 0 Å². The van der Waals surface area contributed by atoms with E-state index in [2.05, 4.69) is 19.2 Å². The maximum absolute atomic E-state index is 11.8. The summed E-state index contributed by atoms with van der Waals surface area (Å²) in [6.45, 7) is 9.46. The summed E-state index contributed by atoms with van der Waals surface area (Å²) in [6.07, 6.45) is 1.99. The van der Waals surface area contributed by atoms with Gasteiger partial charge >= 0.3 is 5.97 Å². The summed E-state index contributed by atoms with van der Waals surface area (Å²) in [5, 5.41) is 11.7. The Morgan fingerprint density at radius 2 is 1.53 bits per heavy atom. The Labute approximate surface area is 104 Å². The van der Waals surface area contributed by atoms with Crippen molar-refractivity contribution in [2.45, 2.75) is 53.5 Å². The predicted octanol–water partition coefficient (Wildman–Crippen LogP) is 2.28. The van der Waals surface area contributed by atoms with Gasteiger partial charge < -0.3 is 10.4 Å². The Balaban J connectivity index is 4.11. The van der Waals surface area contributed by atoms with Crippen molar-refractivity contribution in [1.29, 1.82) is 0 Å². The lowest BCUT2D eigenvalue weighted by atomic mass is 9.94. The van der Waals surface area contributed by atoms with Crippen LogP contribution in [-0.4, -0.2) is 23.0 Å². The second-order valence-electron chi connectivity index (χ2n) is 5.30. The van der Waals surface area contributed by atoms with Crippen LogP contribution in [0.2, 0.25) is 0 Å². The molecule has 2 N–H and O–H groups in total. The quantitative estimate of drug-likeness (QED) is 0.721. The van der Waals surface area contributed by atoms with Gasteiger partial charge in [0.05, 0.1) is 5.92 Å². The molecular weight excluding hydrogens is 218 g/mol. The summed E-state index contributed by atoms with van der Waals surface area (Å²) < 4.78 is 0. The van der Waals surface area contributed by atoms with E-state index >= 15 is 0 Å². The third kappa shape index (κ3) is 6.29. The molecule has 4 heteroatoms. The average Bonchev–Trinajstić information content (AvgIpc) is 2.23. The third-order valence-electron chi connectivity index (χ3n) is 3.12. The van der Waals surface area contributed by atoms with Gasteiger partial charge in [0.15, 0.2) is 0 Å². The van der Waals surface area contributed by atoms with E-state index in [1.165, 1.54) is 0 Å². The van der Waals surface area contributed by atoms with Gasteiger partial charge in [-0.1, -0.05) is 27.7 Å². The second kappa shape index (κ2) is 7.30. The summed E-state index contributed by atoms with van der Waals surface area (Å²) in [5.41, 5.74) is 0. The molecule has 0 bridgehead atoms. The van der Waals surface area contributed by atoms with E-state index in [0.29, 0.717) is 5.92 Å². The van der Waals surface area contributed by atoms with Crippen LogP contribution in [0.3, 0.4) is 0 Å². The fourth-order valence-electron chi connectivity index (χ4n) is 1.47. The average molecular weight is 243 g/mol. The zero-order valence-corrected chi connectivity index (χ0v) is 11.5. The molecule has 0 rings (SSSR count). The van der Waals surface area contributed by atoms with E-state index in [0.717, 1.165) is 12.8 Å². The number of rotatable bonds is 7. The van der Waals surface area contributed by atoms with Gasteiger partial charge in [0.1, 0.15) is 0 Å². The van der Waals surface area contributed by atoms with Crippen molar-refractivity contribution in [3.05, 3.63) is 0 Å². The van der Waals surface area contributed by atoms with Gasteiger partial charge in [-0.2, -0.15) is 0 Å². The monoisotopic (exact) mass is 243 g/mol. The molecule has 0 saturated carbocycles. The second-order valence-corrected chi connectivity index (χ2v) is 5.30. The van der Waals surface area contributed by atoms with Crippen LogP contribution < -0.4 is 5.32 Å². The number of aliphatic carboxylic acids is 1. The zero-order valence-electron chi connectivity index (χ0n) is 11.5. The molecule has 0 aliphatic carbocycles. The number of amides is 1. The highest BCUT2D eigenvalue weighted by molar-refractivity contribution is 5.84. The Bertz CT molecular complexity index is 263. The largest absolute Gasteiger partial charge is 0.481 e. The van der Waals surface area contributed by atoms with Gasteiger partial charge in [-0.05, 0) is 25.7 Å². The van der Waals surface area contributed by atoms with Gasteiger partial charge in [-0.3, -0.25) is 9.59 Å². The fourth-order valence-corrected chi connectivity index (χ4v) is 1.47. The lowest BCUT2D eigenvalue weighted by Gasteiger charge is -2.20. The number of carbonyl (C=O) groups is 2. The molecule has 0 spiro atoms. The molecule has 0 fully saturated rings. The molecule has 0 aromatic heterocycles. The van der Waals surface area contributed by atoms with Crippen LogP contribution in [-0.2, 0) is 9.59 Å². The first-order chi connectivity index (χ1) is 7.75. The van der Waals surface area contributed by atoms with Crippen LogP contribution in [0, 0.1) is 17.8 Å². The standard InChI is InChI=1S/C13H25NO3/c1-8(2)6-7-9(3)14-12(15)10(4)11(5)13(16)17/h8-11H,6-7H2,1-5H3,(H,14,15)(H,16,17). The molecule has 100 valence electrons. The molecule has 1 amide bonds. The Kier molecular flexibility index (Phi) is 6.85. The normalized spacial score (nSPS) is 16.4. The number of hydrogen-bond acceptors (Lipinski definition) is 2. The number of carboxylic acids is 1. The van der Waals surface area contributed by atoms with E-state index in [9.17, 15) is 9.59 Å². The molecule has 0 heterocycles. The van der Waals surface area contributed by atoms with Gasteiger partial charge in [-0.25, -0.2) is 0 Å². The molecule has 0 aliphatic rings. The summed E-state index contributed by atoms with van der Waals surface area (Å²) in [5.74, 6) is -1.62. The molecule has 17 heavy (non-hydrogen) atoms. The summed E-state index contributed by atoms with van der Waals surface area (Å²) in [6, 6.07) is 0.105. The molecule has 0 saturated heterocycles. The van der Waals surface area contributed by atoms with E-state index in [-0.39, 0.29) is 11.9 Å². The minimum atomic E-state index is -0.928. The molecular formula is C13H25NO3. The molecule has 4 nitrogen and oxygen atoms in total. The third-order valence-corrected chi connectivity index (χ3v) is 3.12. The smallest absolute Gasteiger partial charge is 0.307 e. The first-order valence-corrected chi connectivity index (χ1v) is 6.28. The number of nitrogens with one attached hydrogen (secondary N) is 1. The number of hydrogen-bond donors (Lipinski definition) is 2. The number of carbonyl (C=O) groups excluding carboxylic acids is 1. The van der Waals surface area contributed by atoms with Gasteiger partial charge in [0.2, 0.25) is 5.91 Å². The van der Waals surface area contributed by atoms with Gasteiger partial charge in [-0.15, -0.1) is 0 Å². The van der Waals surface area contributed by atoms with Crippen LogP contribution in [0.15, 0.2) is 0 Å². The van der Waals surface area contributed by atoms with E-state index in [1.54, 1.807) is 13.8 Å². The van der Waals surface area contributed by atoms with Crippen LogP contribution in [0.5, 0.6) is 0 Å².